The van der Waals surface area contributed by atoms with Crippen molar-refractivity contribution in [2.45, 2.75) is 56.2 Å². The molecule has 0 bridgehead atoms. The molecule has 2 aliphatic carbocycles. The van der Waals surface area contributed by atoms with E-state index in [4.69, 9.17) is 14.2 Å². The first-order valence-electron chi connectivity index (χ1n) is 7.84. The molecule has 6 nitrogen and oxygen atoms in total. The molecule has 0 aromatic carbocycles. The minimum atomic E-state index is -1.18. The van der Waals surface area contributed by atoms with Gasteiger partial charge in [-0.2, -0.15) is 0 Å². The Morgan fingerprint density at radius 3 is 2.78 bits per heavy atom. The number of aliphatic hydroxyl groups is 1. The van der Waals surface area contributed by atoms with Gasteiger partial charge in [0.25, 0.3) is 0 Å². The standard InChI is InChI=1S/C17H20O6/c1-7-5-10(21-9(3)18)12-8(2)15(19)22-13(12)14-16(4)11(23-16)6-17(7,14)20/h10-14,20H,1-2,5-6H2,3-4H3/t10-,11+,12+,13-,14-,16+,17?/m0/s1. The van der Waals surface area contributed by atoms with Crippen LogP contribution in [-0.2, 0) is 23.8 Å². The Kier molecular flexibility index (Phi) is 2.75. The Morgan fingerprint density at radius 1 is 1.43 bits per heavy atom. The first-order chi connectivity index (χ1) is 10.7. The predicted molar refractivity (Wildman–Crippen MR) is 78.2 cm³/mol. The summed E-state index contributed by atoms with van der Waals surface area (Å²) in [6, 6.07) is 0. The van der Waals surface area contributed by atoms with E-state index in [-0.39, 0.29) is 18.1 Å². The third-order valence-electron chi connectivity index (χ3n) is 5.97. The highest BCUT2D eigenvalue weighted by Crippen LogP contribution is 2.65. The van der Waals surface area contributed by atoms with E-state index in [0.717, 1.165) is 0 Å². The summed E-state index contributed by atoms with van der Waals surface area (Å²) in [5, 5.41) is 11.3. The fourth-order valence-electron chi connectivity index (χ4n) is 4.83. The number of hydrogen-bond acceptors (Lipinski definition) is 6. The summed E-state index contributed by atoms with van der Waals surface area (Å²) in [7, 11) is 0. The van der Waals surface area contributed by atoms with Crippen molar-refractivity contribution in [3.05, 3.63) is 24.3 Å². The summed E-state index contributed by atoms with van der Waals surface area (Å²) >= 11 is 0. The zero-order valence-electron chi connectivity index (χ0n) is 13.2. The van der Waals surface area contributed by atoms with E-state index in [1.807, 2.05) is 6.92 Å². The molecule has 1 N–H and O–H groups in total. The molecule has 7 atom stereocenters. The summed E-state index contributed by atoms with van der Waals surface area (Å²) in [4.78, 5) is 23.6. The normalized spacial score (nSPS) is 50.6. The molecule has 2 heterocycles. The van der Waals surface area contributed by atoms with Gasteiger partial charge in [0, 0.05) is 25.3 Å². The molecule has 4 aliphatic rings. The average Bonchev–Trinajstić information content (AvgIpc) is 2.89. The van der Waals surface area contributed by atoms with E-state index in [2.05, 4.69) is 13.2 Å². The van der Waals surface area contributed by atoms with E-state index in [1.54, 1.807) is 0 Å². The molecule has 0 aromatic rings. The van der Waals surface area contributed by atoms with Crippen LogP contribution < -0.4 is 0 Å². The monoisotopic (exact) mass is 320 g/mol. The van der Waals surface area contributed by atoms with Crippen LogP contribution >= 0.6 is 0 Å². The van der Waals surface area contributed by atoms with Gasteiger partial charge in [-0.25, -0.2) is 4.79 Å². The first-order valence-corrected chi connectivity index (χ1v) is 7.84. The van der Waals surface area contributed by atoms with Gasteiger partial charge < -0.3 is 19.3 Å². The van der Waals surface area contributed by atoms with Crippen molar-refractivity contribution < 1.29 is 28.9 Å². The second-order valence-electron chi connectivity index (χ2n) is 7.27. The Morgan fingerprint density at radius 2 is 2.13 bits per heavy atom. The zero-order valence-corrected chi connectivity index (χ0v) is 13.2. The number of carbonyl (C=O) groups excluding carboxylic acids is 2. The lowest BCUT2D eigenvalue weighted by molar-refractivity contribution is -0.153. The highest BCUT2D eigenvalue weighted by Gasteiger charge is 2.77. The van der Waals surface area contributed by atoms with Gasteiger partial charge in [-0.05, 0) is 12.5 Å². The molecule has 2 aliphatic heterocycles. The molecule has 0 radical (unpaired) electrons. The van der Waals surface area contributed by atoms with Crippen LogP contribution in [0.2, 0.25) is 0 Å². The summed E-state index contributed by atoms with van der Waals surface area (Å²) in [6.07, 6.45) is -0.590. The van der Waals surface area contributed by atoms with Gasteiger partial charge in [0.2, 0.25) is 0 Å². The molecule has 0 spiro atoms. The second-order valence-corrected chi connectivity index (χ2v) is 7.27. The second kappa shape index (κ2) is 4.24. The van der Waals surface area contributed by atoms with Gasteiger partial charge in [0.1, 0.15) is 17.8 Å². The van der Waals surface area contributed by atoms with Gasteiger partial charge >= 0.3 is 11.9 Å². The van der Waals surface area contributed by atoms with E-state index >= 15 is 0 Å². The molecule has 2 saturated heterocycles. The lowest BCUT2D eigenvalue weighted by Gasteiger charge is -2.37. The number of fused-ring (bicyclic) bond motifs is 5. The molecule has 1 unspecified atom stereocenters. The molecule has 0 amide bonds. The van der Waals surface area contributed by atoms with Gasteiger partial charge in [-0.1, -0.05) is 13.2 Å². The fraction of sp³-hybridized carbons (Fsp3) is 0.647. The molecule has 4 rings (SSSR count). The largest absolute Gasteiger partial charge is 0.461 e. The fourth-order valence-corrected chi connectivity index (χ4v) is 4.83. The highest BCUT2D eigenvalue weighted by molar-refractivity contribution is 5.91. The van der Waals surface area contributed by atoms with Crippen LogP contribution in [0.15, 0.2) is 24.3 Å². The number of hydrogen-bond donors (Lipinski definition) is 1. The SMILES string of the molecule is C=C1C(=O)O[C@H]2[C@H]1[C@@H](OC(C)=O)CC(=C)C1(O)C[C@H]3O[C@@]3(C)[C@H]21. The molecule has 2 saturated carbocycles. The molecule has 0 aromatic heterocycles. The quantitative estimate of drug-likeness (QED) is 0.334. The first kappa shape index (κ1) is 14.9. The Labute approximate surface area is 134 Å². The van der Waals surface area contributed by atoms with Crippen LogP contribution in [0.5, 0.6) is 0 Å². The zero-order chi connectivity index (χ0) is 16.7. The lowest BCUT2D eigenvalue weighted by Crippen LogP contribution is -2.49. The van der Waals surface area contributed by atoms with Crippen LogP contribution in [0.1, 0.15) is 26.7 Å². The van der Waals surface area contributed by atoms with Crippen molar-refractivity contribution in [3.63, 3.8) is 0 Å². The van der Waals surface area contributed by atoms with Gasteiger partial charge in [-0.15, -0.1) is 0 Å². The topological polar surface area (TPSA) is 85.4 Å². The summed E-state index contributed by atoms with van der Waals surface area (Å²) in [5.41, 5.74) is -0.841. The molecular formula is C17H20O6. The molecule has 4 fully saturated rings. The van der Waals surface area contributed by atoms with E-state index in [9.17, 15) is 14.7 Å². The van der Waals surface area contributed by atoms with Crippen molar-refractivity contribution in [1.29, 1.82) is 0 Å². The van der Waals surface area contributed by atoms with Gasteiger partial charge in [0.05, 0.1) is 23.5 Å². The average molecular weight is 320 g/mol. The maximum absolute atomic E-state index is 12.1. The van der Waals surface area contributed by atoms with Crippen LogP contribution in [0, 0.1) is 11.8 Å². The molecular weight excluding hydrogens is 300 g/mol. The number of rotatable bonds is 1. The van der Waals surface area contributed by atoms with Gasteiger partial charge in [-0.3, -0.25) is 4.79 Å². The summed E-state index contributed by atoms with van der Waals surface area (Å²) in [5.74, 6) is -1.86. The van der Waals surface area contributed by atoms with E-state index in [1.165, 1.54) is 6.92 Å². The number of carbonyl (C=O) groups is 2. The highest BCUT2D eigenvalue weighted by atomic mass is 16.6. The molecule has 124 valence electrons. The van der Waals surface area contributed by atoms with Crippen molar-refractivity contribution in [3.8, 4) is 0 Å². The van der Waals surface area contributed by atoms with Crippen molar-refractivity contribution in [1.82, 2.24) is 0 Å². The van der Waals surface area contributed by atoms with Crippen molar-refractivity contribution in [2.75, 3.05) is 0 Å². The maximum Gasteiger partial charge on any atom is 0.334 e. The van der Waals surface area contributed by atoms with E-state index < -0.39 is 47.2 Å². The summed E-state index contributed by atoms with van der Waals surface area (Å²) < 4.78 is 16.7. The van der Waals surface area contributed by atoms with Crippen LogP contribution in [0.25, 0.3) is 0 Å². The maximum atomic E-state index is 12.1. The Bertz CT molecular complexity index is 653. The van der Waals surface area contributed by atoms with Crippen LogP contribution in [0.3, 0.4) is 0 Å². The van der Waals surface area contributed by atoms with Crippen LogP contribution in [0.4, 0.5) is 0 Å². The van der Waals surface area contributed by atoms with Gasteiger partial charge in [0.15, 0.2) is 0 Å². The number of ether oxygens (including phenoxy) is 3. The minimum Gasteiger partial charge on any atom is -0.461 e. The lowest BCUT2D eigenvalue weighted by atomic mass is 9.75. The Hall–Kier alpha value is -1.66. The van der Waals surface area contributed by atoms with E-state index in [0.29, 0.717) is 12.0 Å². The number of epoxide rings is 1. The molecule has 6 heteroatoms. The Balaban J connectivity index is 1.81. The minimum absolute atomic E-state index is 0.0623. The third-order valence-corrected chi connectivity index (χ3v) is 5.97. The molecule has 23 heavy (non-hydrogen) atoms. The third kappa shape index (κ3) is 1.76. The predicted octanol–water partition coefficient (Wildman–Crippen LogP) is 0.884. The number of esters is 2. The smallest absolute Gasteiger partial charge is 0.334 e. The van der Waals surface area contributed by atoms with Crippen LogP contribution in [-0.4, -0.2) is 46.6 Å². The van der Waals surface area contributed by atoms with Crippen molar-refractivity contribution >= 4 is 11.9 Å². The van der Waals surface area contributed by atoms with Crippen molar-refractivity contribution in [2.24, 2.45) is 11.8 Å². The summed E-state index contributed by atoms with van der Waals surface area (Å²) in [6.45, 7) is 11.1.